The first-order chi connectivity index (χ1) is 4.22. The lowest BCUT2D eigenvalue weighted by atomic mass is 10.5. The molecule has 0 amide bonds. The summed E-state index contributed by atoms with van der Waals surface area (Å²) in [4.78, 5) is 0. The Kier molecular flexibility index (Phi) is 5.06. The lowest BCUT2D eigenvalue weighted by Crippen LogP contribution is -1.85. The maximum Gasteiger partial charge on any atom is 0.157 e. The highest BCUT2D eigenvalue weighted by molar-refractivity contribution is 9.09. The van der Waals surface area contributed by atoms with Crippen molar-refractivity contribution in [2.75, 3.05) is 0 Å². The van der Waals surface area contributed by atoms with Crippen LogP contribution in [-0.2, 0) is 0 Å². The van der Waals surface area contributed by atoms with Gasteiger partial charge in [-0.1, -0.05) is 22.0 Å². The van der Waals surface area contributed by atoms with Crippen molar-refractivity contribution >= 4 is 15.9 Å². The molecule has 0 aliphatic heterocycles. The number of rotatable bonds is 1. The first kappa shape index (κ1) is 9.15. The highest BCUT2D eigenvalue weighted by Crippen LogP contribution is 2.36. The SMILES string of the molecule is C=CC.FC(Br)C1CC1. The van der Waals surface area contributed by atoms with Crippen LogP contribution in [-0.4, -0.2) is 5.08 Å². The van der Waals surface area contributed by atoms with E-state index in [4.69, 9.17) is 0 Å². The fourth-order valence-electron chi connectivity index (χ4n) is 0.348. The van der Waals surface area contributed by atoms with Crippen LogP contribution in [0.5, 0.6) is 0 Å². The van der Waals surface area contributed by atoms with Gasteiger partial charge in [0.25, 0.3) is 0 Å². The smallest absolute Gasteiger partial charge is 0.157 e. The van der Waals surface area contributed by atoms with Crippen molar-refractivity contribution in [3.05, 3.63) is 12.7 Å². The Balaban J connectivity index is 0.000000187. The van der Waals surface area contributed by atoms with Crippen LogP contribution in [0.2, 0.25) is 0 Å². The Morgan fingerprint density at radius 2 is 2.11 bits per heavy atom. The molecule has 1 aliphatic carbocycles. The number of halogens is 2. The average molecular weight is 195 g/mol. The van der Waals surface area contributed by atoms with E-state index >= 15 is 0 Å². The van der Waals surface area contributed by atoms with Gasteiger partial charge in [-0.15, -0.1) is 6.58 Å². The number of hydrogen-bond donors (Lipinski definition) is 0. The molecule has 0 aromatic rings. The second kappa shape index (κ2) is 4.98. The van der Waals surface area contributed by atoms with Gasteiger partial charge in [0.05, 0.1) is 0 Å². The second-order valence-electron chi connectivity index (χ2n) is 2.08. The zero-order valence-electron chi connectivity index (χ0n) is 5.61. The summed E-state index contributed by atoms with van der Waals surface area (Å²) in [7, 11) is 0. The summed E-state index contributed by atoms with van der Waals surface area (Å²) in [5, 5.41) is -0.725. The first-order valence-electron chi connectivity index (χ1n) is 3.07. The minimum atomic E-state index is -0.725. The van der Waals surface area contributed by atoms with E-state index in [9.17, 15) is 4.39 Å². The summed E-state index contributed by atoms with van der Waals surface area (Å²) in [5.74, 6) is 0.352. The topological polar surface area (TPSA) is 0 Å². The molecule has 0 aromatic carbocycles. The van der Waals surface area contributed by atoms with Crippen LogP contribution in [0.25, 0.3) is 0 Å². The third kappa shape index (κ3) is 6.03. The van der Waals surface area contributed by atoms with Gasteiger partial charge in [-0.05, 0) is 19.8 Å². The molecule has 1 fully saturated rings. The fraction of sp³-hybridized carbons (Fsp3) is 0.714. The molecule has 0 heterocycles. The Bertz CT molecular complexity index is 77.0. The minimum Gasteiger partial charge on any atom is -0.235 e. The predicted octanol–water partition coefficient (Wildman–Crippen LogP) is 3.28. The molecule has 1 rings (SSSR count). The molecule has 54 valence electrons. The minimum absolute atomic E-state index is 0.352. The Morgan fingerprint density at radius 3 is 2.11 bits per heavy atom. The standard InChI is InChI=1S/C4H6BrF.C3H6/c5-4(6)3-1-2-3;1-3-2/h3-4H,1-2H2;3H,1H2,2H3. The van der Waals surface area contributed by atoms with Gasteiger partial charge < -0.3 is 0 Å². The fourth-order valence-corrected chi connectivity index (χ4v) is 0.877. The molecule has 0 radical (unpaired) electrons. The van der Waals surface area contributed by atoms with Gasteiger partial charge in [-0.25, -0.2) is 4.39 Å². The van der Waals surface area contributed by atoms with E-state index in [2.05, 4.69) is 22.5 Å². The van der Waals surface area contributed by atoms with Gasteiger partial charge in [0.15, 0.2) is 5.08 Å². The molecule has 0 spiro atoms. The summed E-state index contributed by atoms with van der Waals surface area (Å²) in [5.41, 5.74) is 0. The van der Waals surface area contributed by atoms with E-state index in [1.54, 1.807) is 6.08 Å². The summed E-state index contributed by atoms with van der Waals surface area (Å²) in [6.45, 7) is 5.25. The molecular weight excluding hydrogens is 183 g/mol. The van der Waals surface area contributed by atoms with Crippen molar-refractivity contribution < 1.29 is 4.39 Å². The molecule has 2 heteroatoms. The van der Waals surface area contributed by atoms with Crippen LogP contribution >= 0.6 is 15.9 Å². The number of allylic oxidation sites excluding steroid dienone is 1. The largest absolute Gasteiger partial charge is 0.235 e. The van der Waals surface area contributed by atoms with Gasteiger partial charge in [-0.3, -0.25) is 0 Å². The number of hydrogen-bond acceptors (Lipinski definition) is 0. The van der Waals surface area contributed by atoms with Crippen LogP contribution in [0.3, 0.4) is 0 Å². The van der Waals surface area contributed by atoms with Crippen LogP contribution in [0.15, 0.2) is 12.7 Å². The average Bonchev–Trinajstić information content (AvgIpc) is 2.44. The van der Waals surface area contributed by atoms with Crippen molar-refractivity contribution in [3.8, 4) is 0 Å². The molecule has 1 unspecified atom stereocenters. The molecule has 0 bridgehead atoms. The predicted molar refractivity (Wildman–Crippen MR) is 42.4 cm³/mol. The van der Waals surface area contributed by atoms with E-state index in [1.165, 1.54) is 0 Å². The zero-order valence-corrected chi connectivity index (χ0v) is 7.20. The Labute approximate surface area is 64.3 Å². The molecule has 1 saturated carbocycles. The van der Waals surface area contributed by atoms with E-state index in [0.29, 0.717) is 5.92 Å². The van der Waals surface area contributed by atoms with Crippen LogP contribution in [0.4, 0.5) is 4.39 Å². The monoisotopic (exact) mass is 194 g/mol. The van der Waals surface area contributed by atoms with Crippen molar-refractivity contribution in [2.45, 2.75) is 24.8 Å². The van der Waals surface area contributed by atoms with E-state index in [-0.39, 0.29) is 0 Å². The maximum absolute atomic E-state index is 11.8. The molecule has 0 aromatic heterocycles. The van der Waals surface area contributed by atoms with Crippen LogP contribution in [0, 0.1) is 5.92 Å². The third-order valence-electron chi connectivity index (χ3n) is 0.978. The summed E-state index contributed by atoms with van der Waals surface area (Å²) in [6, 6.07) is 0. The van der Waals surface area contributed by atoms with Gasteiger partial charge in [0.2, 0.25) is 0 Å². The van der Waals surface area contributed by atoms with Crippen molar-refractivity contribution in [1.29, 1.82) is 0 Å². The van der Waals surface area contributed by atoms with E-state index in [0.717, 1.165) is 12.8 Å². The molecule has 0 N–H and O–H groups in total. The highest BCUT2D eigenvalue weighted by Gasteiger charge is 2.28. The van der Waals surface area contributed by atoms with E-state index < -0.39 is 5.08 Å². The number of alkyl halides is 2. The van der Waals surface area contributed by atoms with Crippen LogP contribution in [0.1, 0.15) is 19.8 Å². The van der Waals surface area contributed by atoms with Gasteiger partial charge in [-0.2, -0.15) is 0 Å². The Hall–Kier alpha value is 0.150. The lowest BCUT2D eigenvalue weighted by molar-refractivity contribution is 0.422. The van der Waals surface area contributed by atoms with Crippen molar-refractivity contribution in [3.63, 3.8) is 0 Å². The van der Waals surface area contributed by atoms with Crippen LogP contribution < -0.4 is 0 Å². The molecular formula is C7H12BrF. The van der Waals surface area contributed by atoms with E-state index in [1.807, 2.05) is 6.92 Å². The first-order valence-corrected chi connectivity index (χ1v) is 3.99. The van der Waals surface area contributed by atoms with Gasteiger partial charge >= 0.3 is 0 Å². The quantitative estimate of drug-likeness (QED) is 0.444. The molecule has 1 atom stereocenters. The van der Waals surface area contributed by atoms with Gasteiger partial charge in [0.1, 0.15) is 0 Å². The zero-order chi connectivity index (χ0) is 7.28. The summed E-state index contributed by atoms with van der Waals surface area (Å²) in [6.07, 6.45) is 3.90. The third-order valence-corrected chi connectivity index (χ3v) is 1.73. The molecule has 0 nitrogen and oxygen atoms in total. The Morgan fingerprint density at radius 1 is 1.78 bits per heavy atom. The maximum atomic E-state index is 11.8. The van der Waals surface area contributed by atoms with Crippen molar-refractivity contribution in [1.82, 2.24) is 0 Å². The second-order valence-corrected chi connectivity index (χ2v) is 2.95. The highest BCUT2D eigenvalue weighted by atomic mass is 79.9. The lowest BCUT2D eigenvalue weighted by Gasteiger charge is -1.87. The summed E-state index contributed by atoms with van der Waals surface area (Å²) >= 11 is 2.83. The van der Waals surface area contributed by atoms with Gasteiger partial charge in [0, 0.05) is 5.92 Å². The molecule has 9 heavy (non-hydrogen) atoms. The molecule has 0 saturated heterocycles. The summed E-state index contributed by atoms with van der Waals surface area (Å²) < 4.78 is 11.8. The normalized spacial score (nSPS) is 19.4. The molecule has 1 aliphatic rings. The van der Waals surface area contributed by atoms with Crippen molar-refractivity contribution in [2.24, 2.45) is 5.92 Å².